The van der Waals surface area contributed by atoms with Crippen LogP contribution in [-0.2, 0) is 15.7 Å². The van der Waals surface area contributed by atoms with E-state index < -0.39 is 42.7 Å². The lowest BCUT2D eigenvalue weighted by atomic mass is 10.1. The molecule has 2 heterocycles. The molecule has 0 saturated carbocycles. The van der Waals surface area contributed by atoms with Crippen molar-refractivity contribution in [3.05, 3.63) is 65.7 Å². The monoisotopic (exact) mass is 484 g/mol. The van der Waals surface area contributed by atoms with Crippen LogP contribution in [0.15, 0.2) is 59.6 Å². The number of carbonyl (C=O) groups is 1. The van der Waals surface area contributed by atoms with Gasteiger partial charge in [0.1, 0.15) is 23.8 Å². The molecule has 0 aliphatic carbocycles. The predicted octanol–water partition coefficient (Wildman–Crippen LogP) is 4.55. The van der Waals surface area contributed by atoms with Gasteiger partial charge in [-0.25, -0.2) is 4.79 Å². The van der Waals surface area contributed by atoms with E-state index in [-0.39, 0.29) is 35.1 Å². The van der Waals surface area contributed by atoms with Crippen LogP contribution in [-0.4, -0.2) is 42.2 Å². The van der Waals surface area contributed by atoms with E-state index in [2.05, 4.69) is 15.0 Å². The molecule has 7 nitrogen and oxygen atoms in total. The number of dihydropyridines is 1. The minimum absolute atomic E-state index is 0.0296. The highest BCUT2D eigenvalue weighted by atomic mass is 19.4. The number of halogens is 5. The first-order valence-corrected chi connectivity index (χ1v) is 9.92. The molecule has 1 saturated heterocycles. The number of rotatable bonds is 8. The number of alkyl halides is 5. The van der Waals surface area contributed by atoms with Crippen LogP contribution < -0.4 is 14.8 Å². The fourth-order valence-electron chi connectivity index (χ4n) is 3.34. The van der Waals surface area contributed by atoms with E-state index in [9.17, 15) is 26.7 Å². The van der Waals surface area contributed by atoms with Gasteiger partial charge < -0.3 is 19.3 Å². The number of carboxylic acid groups (broad SMARTS) is 1. The molecule has 12 heteroatoms. The molecule has 2 aliphatic rings. The standard InChI is InChI=1S/C22H17F5N2O5/c23-21(24)33-17-4-2-1-3-16(17)32-15-8-5-11(22(25,26)27)9-13(15)18-19(34-18)29-12-6-7-14(20(30)31)28-10-12/h1-9,12,18-19,21,29H,10H2,(H,30,31). The SMILES string of the molecule is O=C(O)C1=NCC(NC2OC2c2cc(C(F)(F)F)ccc2Oc2ccccc2OC(F)F)C=C1. The van der Waals surface area contributed by atoms with E-state index >= 15 is 0 Å². The Morgan fingerprint density at radius 1 is 1.15 bits per heavy atom. The summed E-state index contributed by atoms with van der Waals surface area (Å²) in [6, 6.07) is 7.89. The van der Waals surface area contributed by atoms with Crippen molar-refractivity contribution in [2.45, 2.75) is 31.2 Å². The van der Waals surface area contributed by atoms with Gasteiger partial charge in [-0.05, 0) is 36.4 Å². The zero-order valence-corrected chi connectivity index (χ0v) is 17.1. The fourth-order valence-corrected chi connectivity index (χ4v) is 3.34. The molecule has 180 valence electrons. The molecule has 2 aromatic carbocycles. The molecule has 3 atom stereocenters. The number of carboxylic acids is 1. The molecule has 0 spiro atoms. The van der Waals surface area contributed by atoms with Gasteiger partial charge in [0.05, 0.1) is 12.1 Å². The molecule has 0 aromatic heterocycles. The van der Waals surface area contributed by atoms with E-state index in [1.807, 2.05) is 0 Å². The lowest BCUT2D eigenvalue weighted by Gasteiger charge is -2.17. The van der Waals surface area contributed by atoms with Crippen molar-refractivity contribution >= 4 is 11.7 Å². The number of epoxide rings is 1. The molecule has 0 amide bonds. The van der Waals surface area contributed by atoms with Crippen LogP contribution in [0.4, 0.5) is 22.0 Å². The Bertz CT molecular complexity index is 1130. The fraction of sp³-hybridized carbons (Fsp3) is 0.273. The predicted molar refractivity (Wildman–Crippen MR) is 108 cm³/mol. The summed E-state index contributed by atoms with van der Waals surface area (Å²) in [6.45, 7) is -3.01. The third-order valence-electron chi connectivity index (χ3n) is 4.96. The second kappa shape index (κ2) is 9.39. The second-order valence-electron chi connectivity index (χ2n) is 7.32. The summed E-state index contributed by atoms with van der Waals surface area (Å²) in [7, 11) is 0. The summed E-state index contributed by atoms with van der Waals surface area (Å²) >= 11 is 0. The number of para-hydroxylation sites is 2. The van der Waals surface area contributed by atoms with Crippen molar-refractivity contribution in [3.8, 4) is 17.2 Å². The smallest absolute Gasteiger partial charge is 0.416 e. The molecular weight excluding hydrogens is 467 g/mol. The van der Waals surface area contributed by atoms with Gasteiger partial charge in [-0.3, -0.25) is 10.3 Å². The Balaban J connectivity index is 1.55. The van der Waals surface area contributed by atoms with Crippen LogP contribution in [0, 0.1) is 0 Å². The third-order valence-corrected chi connectivity index (χ3v) is 4.96. The Kier molecular flexibility index (Phi) is 6.53. The molecule has 2 aliphatic heterocycles. The lowest BCUT2D eigenvalue weighted by molar-refractivity contribution is -0.137. The van der Waals surface area contributed by atoms with Crippen molar-refractivity contribution in [1.29, 1.82) is 0 Å². The topological polar surface area (TPSA) is 92.7 Å². The minimum Gasteiger partial charge on any atom is -0.477 e. The number of aliphatic carboxylic acids is 1. The number of hydrogen-bond acceptors (Lipinski definition) is 6. The minimum atomic E-state index is -4.63. The van der Waals surface area contributed by atoms with Gasteiger partial charge in [-0.15, -0.1) is 0 Å². The molecule has 3 unspecified atom stereocenters. The Morgan fingerprint density at radius 2 is 1.88 bits per heavy atom. The largest absolute Gasteiger partial charge is 0.477 e. The Hall–Kier alpha value is -3.51. The summed E-state index contributed by atoms with van der Waals surface area (Å²) in [6.07, 6.45) is -3.28. The van der Waals surface area contributed by atoms with Crippen LogP contribution in [0.5, 0.6) is 17.2 Å². The van der Waals surface area contributed by atoms with E-state index in [0.29, 0.717) is 0 Å². The molecule has 4 rings (SSSR count). The number of ether oxygens (including phenoxy) is 3. The zero-order valence-electron chi connectivity index (χ0n) is 17.1. The first kappa shape index (κ1) is 23.6. The number of hydrogen-bond donors (Lipinski definition) is 2. The summed E-state index contributed by atoms with van der Waals surface area (Å²) < 4.78 is 80.9. The van der Waals surface area contributed by atoms with Crippen LogP contribution in [0.3, 0.4) is 0 Å². The molecule has 2 aromatic rings. The van der Waals surface area contributed by atoms with Crippen LogP contribution in [0.2, 0.25) is 0 Å². The number of nitrogens with one attached hydrogen (secondary N) is 1. The maximum absolute atomic E-state index is 13.3. The molecular formula is C22H17F5N2O5. The molecule has 2 N–H and O–H groups in total. The third kappa shape index (κ3) is 5.51. The second-order valence-corrected chi connectivity index (χ2v) is 7.32. The van der Waals surface area contributed by atoms with Gasteiger partial charge >= 0.3 is 18.8 Å². The number of benzene rings is 2. The normalized spacial score (nSPS) is 21.8. The van der Waals surface area contributed by atoms with Gasteiger partial charge in [-0.1, -0.05) is 18.2 Å². The Labute approximate surface area is 189 Å². The summed E-state index contributed by atoms with van der Waals surface area (Å²) in [5.74, 6) is -1.59. The van der Waals surface area contributed by atoms with Gasteiger partial charge in [0, 0.05) is 11.6 Å². The highest BCUT2D eigenvalue weighted by molar-refractivity contribution is 6.40. The van der Waals surface area contributed by atoms with E-state index in [0.717, 1.165) is 18.2 Å². The summed E-state index contributed by atoms with van der Waals surface area (Å²) in [5, 5.41) is 12.0. The average Bonchev–Trinajstić information content (AvgIpc) is 3.53. The molecule has 0 bridgehead atoms. The van der Waals surface area contributed by atoms with E-state index in [4.69, 9.17) is 14.6 Å². The summed E-state index contributed by atoms with van der Waals surface area (Å²) in [5.41, 5.74) is -0.993. The van der Waals surface area contributed by atoms with Crippen LogP contribution in [0.1, 0.15) is 17.2 Å². The maximum atomic E-state index is 13.3. The Morgan fingerprint density at radius 3 is 2.50 bits per heavy atom. The first-order chi connectivity index (χ1) is 16.1. The lowest BCUT2D eigenvalue weighted by Crippen LogP contribution is -2.35. The van der Waals surface area contributed by atoms with Crippen molar-refractivity contribution < 1.29 is 46.1 Å². The van der Waals surface area contributed by atoms with Crippen LogP contribution in [0.25, 0.3) is 0 Å². The summed E-state index contributed by atoms with van der Waals surface area (Å²) in [4.78, 5) is 14.8. The molecule has 0 radical (unpaired) electrons. The van der Waals surface area contributed by atoms with Crippen molar-refractivity contribution in [3.63, 3.8) is 0 Å². The van der Waals surface area contributed by atoms with Gasteiger partial charge in [0.15, 0.2) is 11.5 Å². The maximum Gasteiger partial charge on any atom is 0.416 e. The highest BCUT2D eigenvalue weighted by Crippen LogP contribution is 2.46. The number of aliphatic imine (C=N–C) groups is 1. The average molecular weight is 484 g/mol. The first-order valence-electron chi connectivity index (χ1n) is 9.92. The number of nitrogens with zero attached hydrogens (tertiary/aromatic N) is 1. The molecule has 1 fully saturated rings. The van der Waals surface area contributed by atoms with Crippen LogP contribution >= 0.6 is 0 Å². The van der Waals surface area contributed by atoms with Crippen molar-refractivity contribution in [2.24, 2.45) is 4.99 Å². The quantitative estimate of drug-likeness (QED) is 0.422. The van der Waals surface area contributed by atoms with Gasteiger partial charge in [-0.2, -0.15) is 22.0 Å². The van der Waals surface area contributed by atoms with Crippen molar-refractivity contribution in [2.75, 3.05) is 6.54 Å². The highest BCUT2D eigenvalue weighted by Gasteiger charge is 2.44. The molecule has 34 heavy (non-hydrogen) atoms. The van der Waals surface area contributed by atoms with Gasteiger partial charge in [0.25, 0.3) is 0 Å². The van der Waals surface area contributed by atoms with E-state index in [1.54, 1.807) is 6.08 Å². The van der Waals surface area contributed by atoms with E-state index in [1.165, 1.54) is 30.3 Å². The van der Waals surface area contributed by atoms with Gasteiger partial charge in [0.2, 0.25) is 0 Å². The van der Waals surface area contributed by atoms with Crippen molar-refractivity contribution in [1.82, 2.24) is 5.32 Å². The zero-order chi connectivity index (χ0) is 24.5.